The average Bonchev–Trinajstić information content (AvgIpc) is 2.32. The molecule has 0 spiro atoms. The maximum atomic E-state index is 12.1. The zero-order valence-corrected chi connectivity index (χ0v) is 11.7. The molecule has 92 valence electrons. The number of rotatable bonds is 3. The summed E-state index contributed by atoms with van der Waals surface area (Å²) in [5.41, 5.74) is 0.804. The molecule has 1 aliphatic heterocycles. The van der Waals surface area contributed by atoms with E-state index in [0.717, 1.165) is 29.0 Å². The highest BCUT2D eigenvalue weighted by Crippen LogP contribution is 2.17. The molecule has 0 unspecified atom stereocenters. The largest absolute Gasteiger partial charge is 0.296 e. The molecule has 2 nitrogen and oxygen atoms in total. The van der Waals surface area contributed by atoms with Gasteiger partial charge in [-0.25, -0.2) is 0 Å². The number of carbonyl (C=O) groups is 1. The number of hydrogen-bond donors (Lipinski definition) is 0. The molecule has 0 atom stereocenters. The fourth-order valence-corrected chi connectivity index (χ4v) is 2.58. The highest BCUT2D eigenvalue weighted by Gasteiger charge is 2.18. The molecule has 0 N–H and O–H groups in total. The molecule has 1 fully saturated rings. The van der Waals surface area contributed by atoms with Gasteiger partial charge in [0.25, 0.3) is 0 Å². The average molecular weight is 296 g/mol. The standard InChI is InChI=1S/C14H18BrNO/c1-11-5-7-16(8-6-11)10-14(17)12-3-2-4-13(15)9-12/h2-4,9,11H,5-8,10H2,1H3. The van der Waals surface area contributed by atoms with Crippen molar-refractivity contribution < 1.29 is 4.79 Å². The minimum absolute atomic E-state index is 0.223. The molecule has 1 aromatic rings. The summed E-state index contributed by atoms with van der Waals surface area (Å²) in [7, 11) is 0. The smallest absolute Gasteiger partial charge is 0.176 e. The van der Waals surface area contributed by atoms with Gasteiger partial charge in [0, 0.05) is 10.0 Å². The van der Waals surface area contributed by atoms with Gasteiger partial charge in [0.15, 0.2) is 5.78 Å². The number of piperidine rings is 1. The Morgan fingerprint density at radius 1 is 1.41 bits per heavy atom. The van der Waals surface area contributed by atoms with E-state index in [2.05, 4.69) is 27.8 Å². The Hall–Kier alpha value is -0.670. The Morgan fingerprint density at radius 2 is 2.12 bits per heavy atom. The highest BCUT2D eigenvalue weighted by molar-refractivity contribution is 9.10. The molecule has 2 rings (SSSR count). The first-order chi connectivity index (χ1) is 8.15. The van der Waals surface area contributed by atoms with Crippen molar-refractivity contribution in [1.29, 1.82) is 0 Å². The molecule has 3 heteroatoms. The van der Waals surface area contributed by atoms with Crippen LogP contribution in [0.25, 0.3) is 0 Å². The molecule has 1 heterocycles. The van der Waals surface area contributed by atoms with E-state index in [1.807, 2.05) is 24.3 Å². The van der Waals surface area contributed by atoms with Gasteiger partial charge < -0.3 is 0 Å². The molecule has 17 heavy (non-hydrogen) atoms. The van der Waals surface area contributed by atoms with E-state index < -0.39 is 0 Å². The fraction of sp³-hybridized carbons (Fsp3) is 0.500. The quantitative estimate of drug-likeness (QED) is 0.797. The normalized spacial score (nSPS) is 18.2. The van der Waals surface area contributed by atoms with E-state index >= 15 is 0 Å². The van der Waals surface area contributed by atoms with Crippen molar-refractivity contribution in [2.24, 2.45) is 5.92 Å². The summed E-state index contributed by atoms with van der Waals surface area (Å²) in [5.74, 6) is 1.04. The molecule has 0 aliphatic carbocycles. The lowest BCUT2D eigenvalue weighted by atomic mass is 9.99. The molecular formula is C14H18BrNO. The summed E-state index contributed by atoms with van der Waals surface area (Å²) >= 11 is 3.40. The summed E-state index contributed by atoms with van der Waals surface area (Å²) in [6.07, 6.45) is 2.43. The number of likely N-dealkylation sites (tertiary alicyclic amines) is 1. The van der Waals surface area contributed by atoms with Gasteiger partial charge in [-0.2, -0.15) is 0 Å². The summed E-state index contributed by atoms with van der Waals surface area (Å²) in [6, 6.07) is 7.64. The molecule has 1 aliphatic rings. The van der Waals surface area contributed by atoms with Gasteiger partial charge in [-0.15, -0.1) is 0 Å². The van der Waals surface area contributed by atoms with E-state index in [9.17, 15) is 4.79 Å². The number of halogens is 1. The van der Waals surface area contributed by atoms with E-state index in [1.165, 1.54) is 12.8 Å². The lowest BCUT2D eigenvalue weighted by Crippen LogP contribution is -2.36. The van der Waals surface area contributed by atoms with Crippen molar-refractivity contribution in [3.05, 3.63) is 34.3 Å². The number of Topliss-reactive ketones (excluding diaryl/α,β-unsaturated/α-hetero) is 1. The predicted octanol–water partition coefficient (Wildman–Crippen LogP) is 3.36. The highest BCUT2D eigenvalue weighted by atomic mass is 79.9. The zero-order chi connectivity index (χ0) is 12.3. The van der Waals surface area contributed by atoms with Gasteiger partial charge in [-0.1, -0.05) is 35.0 Å². The first-order valence-corrected chi connectivity index (χ1v) is 6.95. The van der Waals surface area contributed by atoms with Crippen molar-refractivity contribution in [3.63, 3.8) is 0 Å². The second kappa shape index (κ2) is 5.78. The summed E-state index contributed by atoms with van der Waals surface area (Å²) in [4.78, 5) is 14.4. The first kappa shape index (κ1) is 12.8. The van der Waals surface area contributed by atoms with Crippen LogP contribution >= 0.6 is 15.9 Å². The minimum atomic E-state index is 0.223. The van der Waals surface area contributed by atoms with Gasteiger partial charge in [-0.3, -0.25) is 9.69 Å². The SMILES string of the molecule is CC1CCN(CC(=O)c2cccc(Br)c2)CC1. The van der Waals surface area contributed by atoms with Crippen molar-refractivity contribution in [3.8, 4) is 0 Å². The third kappa shape index (κ3) is 3.65. The minimum Gasteiger partial charge on any atom is -0.296 e. The lowest BCUT2D eigenvalue weighted by molar-refractivity contribution is 0.0900. The van der Waals surface area contributed by atoms with Crippen molar-refractivity contribution in [1.82, 2.24) is 4.90 Å². The molecule has 0 bridgehead atoms. The Kier molecular flexibility index (Phi) is 4.35. The first-order valence-electron chi connectivity index (χ1n) is 6.16. The van der Waals surface area contributed by atoms with Crippen LogP contribution in [0.15, 0.2) is 28.7 Å². The molecule has 0 radical (unpaired) electrons. The van der Waals surface area contributed by atoms with E-state index in [-0.39, 0.29) is 5.78 Å². The van der Waals surface area contributed by atoms with Crippen LogP contribution in [0.5, 0.6) is 0 Å². The van der Waals surface area contributed by atoms with Crippen LogP contribution in [0, 0.1) is 5.92 Å². The fourth-order valence-electron chi connectivity index (χ4n) is 2.18. The van der Waals surface area contributed by atoms with Gasteiger partial charge in [-0.05, 0) is 44.0 Å². The van der Waals surface area contributed by atoms with Crippen LogP contribution in [0.2, 0.25) is 0 Å². The topological polar surface area (TPSA) is 20.3 Å². The number of nitrogens with zero attached hydrogens (tertiary/aromatic N) is 1. The van der Waals surface area contributed by atoms with Crippen LogP contribution in [-0.2, 0) is 0 Å². The Morgan fingerprint density at radius 3 is 2.76 bits per heavy atom. The molecule has 0 saturated carbocycles. The van der Waals surface area contributed by atoms with Crippen LogP contribution in [-0.4, -0.2) is 30.3 Å². The maximum absolute atomic E-state index is 12.1. The summed E-state index contributed by atoms with van der Waals surface area (Å²) < 4.78 is 0.968. The van der Waals surface area contributed by atoms with E-state index in [0.29, 0.717) is 6.54 Å². The van der Waals surface area contributed by atoms with Gasteiger partial charge in [0.05, 0.1) is 6.54 Å². The summed E-state index contributed by atoms with van der Waals surface area (Å²) in [5, 5.41) is 0. The lowest BCUT2D eigenvalue weighted by Gasteiger charge is -2.29. The Labute approximate surface area is 111 Å². The Balaban J connectivity index is 1.93. The van der Waals surface area contributed by atoms with Gasteiger partial charge in [0.1, 0.15) is 0 Å². The second-order valence-corrected chi connectivity index (χ2v) is 5.81. The van der Waals surface area contributed by atoms with E-state index in [1.54, 1.807) is 0 Å². The van der Waals surface area contributed by atoms with Crippen molar-refractivity contribution in [2.75, 3.05) is 19.6 Å². The third-order valence-corrected chi connectivity index (χ3v) is 3.88. The van der Waals surface area contributed by atoms with Crippen LogP contribution in [0.4, 0.5) is 0 Å². The van der Waals surface area contributed by atoms with E-state index in [4.69, 9.17) is 0 Å². The van der Waals surface area contributed by atoms with Crippen molar-refractivity contribution in [2.45, 2.75) is 19.8 Å². The van der Waals surface area contributed by atoms with Gasteiger partial charge >= 0.3 is 0 Å². The van der Waals surface area contributed by atoms with Crippen LogP contribution in [0.1, 0.15) is 30.1 Å². The third-order valence-electron chi connectivity index (χ3n) is 3.39. The second-order valence-electron chi connectivity index (χ2n) is 4.89. The van der Waals surface area contributed by atoms with Crippen molar-refractivity contribution >= 4 is 21.7 Å². The number of hydrogen-bond acceptors (Lipinski definition) is 2. The molecule has 1 aromatic carbocycles. The number of benzene rings is 1. The monoisotopic (exact) mass is 295 g/mol. The van der Waals surface area contributed by atoms with Crippen LogP contribution in [0.3, 0.4) is 0 Å². The molecule has 0 aromatic heterocycles. The van der Waals surface area contributed by atoms with Crippen LogP contribution < -0.4 is 0 Å². The predicted molar refractivity (Wildman–Crippen MR) is 73.3 cm³/mol. The Bertz CT molecular complexity index is 397. The zero-order valence-electron chi connectivity index (χ0n) is 10.2. The number of ketones is 1. The summed E-state index contributed by atoms with van der Waals surface area (Å²) in [6.45, 7) is 4.96. The maximum Gasteiger partial charge on any atom is 0.176 e. The molecule has 0 amide bonds. The molecular weight excluding hydrogens is 278 g/mol. The van der Waals surface area contributed by atoms with Gasteiger partial charge in [0.2, 0.25) is 0 Å². The number of carbonyl (C=O) groups excluding carboxylic acids is 1. The molecule has 1 saturated heterocycles.